The van der Waals surface area contributed by atoms with E-state index >= 15 is 0 Å². The first-order valence-electron chi connectivity index (χ1n) is 15.2. The van der Waals surface area contributed by atoms with E-state index < -0.39 is 23.4 Å². The molecule has 1 aliphatic heterocycles. The second kappa shape index (κ2) is 12.6. The number of nitrogens with one attached hydrogen (secondary N) is 1. The maximum Gasteiger partial charge on any atom is 0.420 e. The Bertz CT molecular complexity index is 1690. The van der Waals surface area contributed by atoms with Crippen molar-refractivity contribution in [1.29, 1.82) is 0 Å². The van der Waals surface area contributed by atoms with Crippen LogP contribution in [-0.2, 0) is 16.0 Å². The molecule has 0 spiro atoms. The zero-order valence-corrected chi connectivity index (χ0v) is 27.5. The molecule has 11 heteroatoms. The number of amides is 1. The van der Waals surface area contributed by atoms with Gasteiger partial charge in [0.25, 0.3) is 0 Å². The van der Waals surface area contributed by atoms with Gasteiger partial charge in [-0.1, -0.05) is 24.3 Å². The third-order valence-corrected chi connectivity index (χ3v) is 7.28. The van der Waals surface area contributed by atoms with Crippen LogP contribution in [-0.4, -0.2) is 85.9 Å². The van der Waals surface area contributed by atoms with Gasteiger partial charge in [0, 0.05) is 56.2 Å². The number of hydrogen-bond donors (Lipinski definition) is 1. The van der Waals surface area contributed by atoms with Gasteiger partial charge in [-0.2, -0.15) is 0 Å². The number of carbonyl (C=O) groups is 2. The molecule has 0 atom stereocenters. The average Bonchev–Trinajstić information content (AvgIpc) is 3.32. The number of carbonyl (C=O) groups excluding carboxylic acids is 2. The topological polar surface area (TPSA) is 115 Å². The number of aromatic nitrogens is 4. The van der Waals surface area contributed by atoms with Crippen molar-refractivity contribution in [3.63, 3.8) is 0 Å². The van der Waals surface area contributed by atoms with E-state index in [1.165, 1.54) is 10.1 Å². The number of anilines is 1. The zero-order valence-electron chi connectivity index (χ0n) is 27.5. The Kier molecular flexibility index (Phi) is 8.95. The summed E-state index contributed by atoms with van der Waals surface area (Å²) in [6.45, 7) is 17.8. The molecular weight excluding hydrogens is 570 g/mol. The van der Waals surface area contributed by atoms with Crippen molar-refractivity contribution in [3.05, 3.63) is 60.2 Å². The standard InChI is InChI=1S/C34H43N7O4/c1-22-36-29(24-11-9-23(10-12-24)20-40-17-15-39(8)16-18-40)28-26(21-41(30(28)37-22)32(43)45-34(5,6)7)25-13-14-35-27(19-25)38-31(42)44-33(2,3)4/h9-14,19,21H,15-18,20H2,1-8H3,(H,35,38,42). The van der Waals surface area contributed by atoms with Crippen molar-refractivity contribution in [2.45, 2.75) is 66.2 Å². The molecule has 1 saturated heterocycles. The molecule has 1 aliphatic rings. The summed E-state index contributed by atoms with van der Waals surface area (Å²) in [7, 11) is 2.16. The maximum absolute atomic E-state index is 13.5. The average molecular weight is 614 g/mol. The lowest BCUT2D eigenvalue weighted by Gasteiger charge is -2.32. The van der Waals surface area contributed by atoms with Crippen LogP contribution >= 0.6 is 0 Å². The van der Waals surface area contributed by atoms with Crippen LogP contribution in [0.15, 0.2) is 48.8 Å². The Balaban J connectivity index is 1.58. The second-order valence-electron chi connectivity index (χ2n) is 13.5. The van der Waals surface area contributed by atoms with Crippen LogP contribution in [0.3, 0.4) is 0 Å². The molecular formula is C34H43N7O4. The minimum absolute atomic E-state index is 0.308. The number of piperazine rings is 1. The molecule has 1 aromatic carbocycles. The third kappa shape index (κ3) is 8.03. The molecule has 1 amide bonds. The van der Waals surface area contributed by atoms with E-state index in [4.69, 9.17) is 19.4 Å². The Morgan fingerprint density at radius 2 is 1.56 bits per heavy atom. The fourth-order valence-electron chi connectivity index (χ4n) is 5.22. The fourth-order valence-corrected chi connectivity index (χ4v) is 5.22. The van der Waals surface area contributed by atoms with Gasteiger partial charge in [0.2, 0.25) is 0 Å². The number of fused-ring (bicyclic) bond motifs is 1. The molecule has 0 bridgehead atoms. The Morgan fingerprint density at radius 3 is 2.20 bits per heavy atom. The smallest absolute Gasteiger partial charge is 0.420 e. The molecule has 238 valence electrons. The van der Waals surface area contributed by atoms with E-state index in [9.17, 15) is 9.59 Å². The molecule has 0 aliphatic carbocycles. The Labute approximate surface area is 264 Å². The number of ether oxygens (including phenoxy) is 2. The first-order valence-corrected chi connectivity index (χ1v) is 15.2. The van der Waals surface area contributed by atoms with Gasteiger partial charge in [0.1, 0.15) is 22.8 Å². The molecule has 11 nitrogen and oxygen atoms in total. The summed E-state index contributed by atoms with van der Waals surface area (Å²) in [4.78, 5) is 44.7. The number of nitrogens with zero attached hydrogens (tertiary/aromatic N) is 6. The lowest BCUT2D eigenvalue weighted by Crippen LogP contribution is -2.43. The number of aryl methyl sites for hydroxylation is 1. The van der Waals surface area contributed by atoms with Gasteiger partial charge >= 0.3 is 12.2 Å². The number of hydrogen-bond acceptors (Lipinski definition) is 9. The zero-order chi connectivity index (χ0) is 32.5. The molecule has 45 heavy (non-hydrogen) atoms. The number of rotatable bonds is 5. The van der Waals surface area contributed by atoms with Crippen LogP contribution in [0, 0.1) is 6.92 Å². The fraction of sp³-hybridized carbons (Fsp3) is 0.441. The second-order valence-corrected chi connectivity index (χ2v) is 13.5. The highest BCUT2D eigenvalue weighted by molar-refractivity contribution is 6.06. The van der Waals surface area contributed by atoms with E-state index in [1.807, 2.05) is 33.8 Å². The Morgan fingerprint density at radius 1 is 0.889 bits per heavy atom. The molecule has 0 saturated carbocycles. The van der Waals surface area contributed by atoms with E-state index in [0.717, 1.165) is 38.3 Å². The van der Waals surface area contributed by atoms with Gasteiger partial charge in [-0.05, 0) is 78.8 Å². The summed E-state index contributed by atoms with van der Waals surface area (Å²) in [5.74, 6) is 0.832. The number of pyridine rings is 1. The van der Waals surface area contributed by atoms with Gasteiger partial charge in [0.15, 0.2) is 5.65 Å². The molecule has 1 N–H and O–H groups in total. The molecule has 0 unspecified atom stereocenters. The molecule has 3 aromatic heterocycles. The van der Waals surface area contributed by atoms with Crippen LogP contribution < -0.4 is 5.32 Å². The van der Waals surface area contributed by atoms with Crippen LogP contribution in [0.2, 0.25) is 0 Å². The summed E-state index contributed by atoms with van der Waals surface area (Å²) in [6, 6.07) is 12.0. The minimum atomic E-state index is -0.709. The third-order valence-electron chi connectivity index (χ3n) is 7.28. The maximum atomic E-state index is 13.5. The highest BCUT2D eigenvalue weighted by atomic mass is 16.6. The molecule has 4 aromatic rings. The molecule has 4 heterocycles. The highest BCUT2D eigenvalue weighted by Crippen LogP contribution is 2.37. The monoisotopic (exact) mass is 613 g/mol. The van der Waals surface area contributed by atoms with Gasteiger partial charge in [-0.25, -0.2) is 29.1 Å². The van der Waals surface area contributed by atoms with E-state index in [0.29, 0.717) is 39.5 Å². The quantitative estimate of drug-likeness (QED) is 0.275. The van der Waals surface area contributed by atoms with Gasteiger partial charge in [-0.3, -0.25) is 10.2 Å². The van der Waals surface area contributed by atoms with Crippen LogP contribution in [0.5, 0.6) is 0 Å². The van der Waals surface area contributed by atoms with Crippen molar-refractivity contribution in [3.8, 4) is 22.4 Å². The first-order chi connectivity index (χ1) is 21.1. The largest absolute Gasteiger partial charge is 0.444 e. The summed E-state index contributed by atoms with van der Waals surface area (Å²) in [5.41, 5.74) is 3.29. The van der Waals surface area contributed by atoms with Crippen molar-refractivity contribution in [2.75, 3.05) is 38.5 Å². The van der Waals surface area contributed by atoms with Crippen LogP contribution in [0.1, 0.15) is 52.9 Å². The lowest BCUT2D eigenvalue weighted by atomic mass is 10.0. The summed E-state index contributed by atoms with van der Waals surface area (Å²) in [6.07, 6.45) is 2.15. The number of benzene rings is 1. The molecule has 1 fully saturated rings. The van der Waals surface area contributed by atoms with Crippen molar-refractivity contribution in [1.82, 2.24) is 29.3 Å². The summed E-state index contributed by atoms with van der Waals surface area (Å²) >= 11 is 0. The van der Waals surface area contributed by atoms with Crippen molar-refractivity contribution >= 4 is 29.0 Å². The predicted molar refractivity (Wildman–Crippen MR) is 175 cm³/mol. The van der Waals surface area contributed by atoms with Crippen LogP contribution in [0.4, 0.5) is 15.4 Å². The van der Waals surface area contributed by atoms with E-state index in [-0.39, 0.29) is 0 Å². The van der Waals surface area contributed by atoms with Crippen molar-refractivity contribution in [2.24, 2.45) is 0 Å². The number of likely N-dealkylation sites (N-methyl/N-ethyl adjacent to an activating group) is 1. The molecule has 0 radical (unpaired) electrons. The van der Waals surface area contributed by atoms with Gasteiger partial charge in [0.05, 0.1) is 11.1 Å². The van der Waals surface area contributed by atoms with Crippen molar-refractivity contribution < 1.29 is 19.1 Å². The summed E-state index contributed by atoms with van der Waals surface area (Å²) < 4.78 is 12.6. The van der Waals surface area contributed by atoms with E-state index in [2.05, 4.69) is 51.4 Å². The normalized spacial score (nSPS) is 14.8. The van der Waals surface area contributed by atoms with Gasteiger partial charge in [-0.15, -0.1) is 0 Å². The van der Waals surface area contributed by atoms with E-state index in [1.54, 1.807) is 39.2 Å². The minimum Gasteiger partial charge on any atom is -0.444 e. The lowest BCUT2D eigenvalue weighted by molar-refractivity contribution is 0.0542. The predicted octanol–water partition coefficient (Wildman–Crippen LogP) is 6.35. The molecule has 5 rings (SSSR count). The Hall–Kier alpha value is -4.35. The summed E-state index contributed by atoms with van der Waals surface area (Å²) in [5, 5.41) is 3.39. The van der Waals surface area contributed by atoms with Gasteiger partial charge < -0.3 is 14.4 Å². The van der Waals surface area contributed by atoms with Crippen LogP contribution in [0.25, 0.3) is 33.4 Å². The highest BCUT2D eigenvalue weighted by Gasteiger charge is 2.26. The first kappa shape index (κ1) is 32.1. The SMILES string of the molecule is Cc1nc(-c2ccc(CN3CCN(C)CC3)cc2)c2c(-c3ccnc(NC(=O)OC(C)(C)C)c3)cn(C(=O)OC(C)(C)C)c2n1.